The van der Waals surface area contributed by atoms with Crippen LogP contribution in [0.4, 0.5) is 0 Å². The first-order valence-electron chi connectivity index (χ1n) is 8.79. The minimum Gasteiger partial charge on any atom is -0.469 e. The van der Waals surface area contributed by atoms with Crippen LogP contribution >= 0.6 is 0 Å². The van der Waals surface area contributed by atoms with Crippen molar-refractivity contribution in [3.8, 4) is 5.88 Å². The van der Waals surface area contributed by atoms with Gasteiger partial charge in [-0.2, -0.15) is 0 Å². The third-order valence-corrected chi connectivity index (χ3v) is 5.73. The van der Waals surface area contributed by atoms with Crippen LogP contribution in [0.5, 0.6) is 5.88 Å². The fourth-order valence-corrected chi connectivity index (χ4v) is 4.48. The van der Waals surface area contributed by atoms with Crippen molar-refractivity contribution >= 4 is 12.2 Å². The summed E-state index contributed by atoms with van der Waals surface area (Å²) < 4.78 is 6.40. The first-order valence-corrected chi connectivity index (χ1v) is 8.79. The van der Waals surface area contributed by atoms with Crippen LogP contribution < -0.4 is 4.74 Å². The van der Waals surface area contributed by atoms with E-state index in [0.717, 1.165) is 30.0 Å². The Morgan fingerprint density at radius 1 is 1.12 bits per heavy atom. The van der Waals surface area contributed by atoms with Gasteiger partial charge in [-0.3, -0.25) is 9.88 Å². The second kappa shape index (κ2) is 5.42. The molecule has 3 fully saturated rings. The molecule has 6 heterocycles. The van der Waals surface area contributed by atoms with Crippen molar-refractivity contribution in [2.75, 3.05) is 19.6 Å². The van der Waals surface area contributed by atoms with Gasteiger partial charge in [-0.15, -0.1) is 0 Å². The van der Waals surface area contributed by atoms with Crippen LogP contribution in [0.25, 0.3) is 12.2 Å². The molecule has 0 aromatic carbocycles. The molecule has 24 heavy (non-hydrogen) atoms. The predicted molar refractivity (Wildman–Crippen MR) is 93.6 cm³/mol. The second-order valence-electron chi connectivity index (χ2n) is 7.24. The molecule has 6 rings (SSSR count). The molecule has 122 valence electrons. The molecule has 1 unspecified atom stereocenters. The Labute approximate surface area is 142 Å². The number of fused-ring (bicyclic) bond motifs is 3. The molecule has 2 bridgehead atoms. The van der Waals surface area contributed by atoms with Crippen LogP contribution in [0.2, 0.25) is 0 Å². The highest BCUT2D eigenvalue weighted by Crippen LogP contribution is 2.46. The molecule has 0 aliphatic carbocycles. The number of nitrogens with zero attached hydrogens (tertiary/aromatic N) is 3. The molecule has 1 spiro atoms. The van der Waals surface area contributed by atoms with Gasteiger partial charge in [0.2, 0.25) is 5.88 Å². The van der Waals surface area contributed by atoms with Crippen LogP contribution in [-0.4, -0.2) is 40.1 Å². The number of rotatable bonds is 2. The van der Waals surface area contributed by atoms with Gasteiger partial charge in [0, 0.05) is 43.0 Å². The van der Waals surface area contributed by atoms with Crippen LogP contribution in [0.3, 0.4) is 0 Å². The van der Waals surface area contributed by atoms with Crippen LogP contribution in [0.15, 0.2) is 36.8 Å². The number of hydrogen-bond acceptors (Lipinski definition) is 4. The Balaban J connectivity index is 1.39. The average molecular weight is 319 g/mol. The van der Waals surface area contributed by atoms with Crippen molar-refractivity contribution in [3.63, 3.8) is 0 Å². The van der Waals surface area contributed by atoms with Crippen molar-refractivity contribution in [3.05, 3.63) is 53.5 Å². The van der Waals surface area contributed by atoms with Gasteiger partial charge in [0.1, 0.15) is 5.60 Å². The molecule has 2 aromatic rings. The maximum Gasteiger partial charge on any atom is 0.217 e. The van der Waals surface area contributed by atoms with E-state index >= 15 is 0 Å². The predicted octanol–water partition coefficient (Wildman–Crippen LogP) is 3.05. The lowest BCUT2D eigenvalue weighted by molar-refractivity contribution is -0.0814. The Morgan fingerprint density at radius 3 is 2.67 bits per heavy atom. The summed E-state index contributed by atoms with van der Waals surface area (Å²) in [6.07, 6.45) is 13.3. The Bertz CT molecular complexity index is 781. The number of pyridine rings is 2. The summed E-state index contributed by atoms with van der Waals surface area (Å²) in [6, 6.07) is 6.25. The molecule has 4 aliphatic heterocycles. The zero-order chi connectivity index (χ0) is 16.0. The van der Waals surface area contributed by atoms with Crippen molar-refractivity contribution in [1.82, 2.24) is 14.9 Å². The van der Waals surface area contributed by atoms with E-state index < -0.39 is 0 Å². The monoisotopic (exact) mass is 319 g/mol. The third kappa shape index (κ3) is 2.33. The van der Waals surface area contributed by atoms with E-state index in [2.05, 4.69) is 33.1 Å². The van der Waals surface area contributed by atoms with E-state index in [1.807, 2.05) is 30.7 Å². The molecule has 2 aromatic heterocycles. The third-order valence-electron chi connectivity index (χ3n) is 5.73. The zero-order valence-corrected chi connectivity index (χ0v) is 13.7. The summed E-state index contributed by atoms with van der Waals surface area (Å²) in [6.45, 7) is 3.54. The number of ether oxygens (including phenoxy) is 1. The molecule has 4 aliphatic rings. The largest absolute Gasteiger partial charge is 0.469 e. The minimum absolute atomic E-state index is 0.0146. The Morgan fingerprint density at radius 2 is 1.92 bits per heavy atom. The molecule has 0 N–H and O–H groups in total. The van der Waals surface area contributed by atoms with E-state index in [1.54, 1.807) is 0 Å². The topological polar surface area (TPSA) is 38.2 Å². The summed E-state index contributed by atoms with van der Waals surface area (Å²) in [5.41, 5.74) is 3.53. The van der Waals surface area contributed by atoms with Gasteiger partial charge < -0.3 is 4.74 Å². The normalized spacial score (nSPS) is 30.7. The molecule has 4 nitrogen and oxygen atoms in total. The molecule has 1 atom stereocenters. The van der Waals surface area contributed by atoms with E-state index in [0.29, 0.717) is 5.92 Å². The molecule has 0 amide bonds. The highest BCUT2D eigenvalue weighted by atomic mass is 16.5. The van der Waals surface area contributed by atoms with Crippen LogP contribution in [0, 0.1) is 5.92 Å². The molecular weight excluding hydrogens is 298 g/mol. The van der Waals surface area contributed by atoms with E-state index in [4.69, 9.17) is 4.74 Å². The summed E-state index contributed by atoms with van der Waals surface area (Å²) >= 11 is 0. The standard InChI is InChI=1S/C20H21N3O/c1(15-3-7-21-8-4-15)2-16-11-17-12-20(24-19(17)22-13-16)14-23-9-5-18(20)6-10-23/h1-4,7-8,11,13,18H,5-6,9-10,12,14H2. The van der Waals surface area contributed by atoms with Crippen molar-refractivity contribution in [1.29, 1.82) is 0 Å². The lowest BCUT2D eigenvalue weighted by Crippen LogP contribution is -2.61. The van der Waals surface area contributed by atoms with Crippen LogP contribution in [-0.2, 0) is 6.42 Å². The van der Waals surface area contributed by atoms with E-state index in [-0.39, 0.29) is 5.60 Å². The van der Waals surface area contributed by atoms with Gasteiger partial charge in [0.15, 0.2) is 0 Å². The fraction of sp³-hybridized carbons (Fsp3) is 0.400. The molecule has 0 saturated carbocycles. The average Bonchev–Trinajstić information content (AvgIpc) is 2.98. The number of piperidine rings is 3. The zero-order valence-electron chi connectivity index (χ0n) is 13.7. The Hall–Kier alpha value is -2.20. The lowest BCUT2D eigenvalue weighted by Gasteiger charge is -2.50. The minimum atomic E-state index is -0.0146. The summed E-state index contributed by atoms with van der Waals surface area (Å²) in [5, 5.41) is 0. The maximum atomic E-state index is 6.40. The number of aromatic nitrogens is 2. The van der Waals surface area contributed by atoms with Crippen LogP contribution in [0.1, 0.15) is 29.5 Å². The van der Waals surface area contributed by atoms with Crippen molar-refractivity contribution in [2.24, 2.45) is 5.92 Å². The highest BCUT2D eigenvalue weighted by Gasteiger charge is 2.52. The van der Waals surface area contributed by atoms with Crippen molar-refractivity contribution < 1.29 is 4.74 Å². The molecule has 0 radical (unpaired) electrons. The first kappa shape index (κ1) is 14.2. The molecule has 4 heteroatoms. The van der Waals surface area contributed by atoms with Gasteiger partial charge in [-0.1, -0.05) is 12.2 Å². The SMILES string of the molecule is C(=Cc1cnc2c(c1)CC1(CN3CCC1CC3)O2)c1ccncc1. The highest BCUT2D eigenvalue weighted by molar-refractivity contribution is 5.69. The van der Waals surface area contributed by atoms with Gasteiger partial charge in [0.25, 0.3) is 0 Å². The quantitative estimate of drug-likeness (QED) is 0.853. The molecular formula is C20H21N3O. The van der Waals surface area contributed by atoms with Gasteiger partial charge in [-0.05, 0) is 55.3 Å². The van der Waals surface area contributed by atoms with Gasteiger partial charge in [0.05, 0.1) is 0 Å². The van der Waals surface area contributed by atoms with Crippen molar-refractivity contribution in [2.45, 2.75) is 24.9 Å². The van der Waals surface area contributed by atoms with E-state index in [1.165, 1.54) is 31.5 Å². The summed E-state index contributed by atoms with van der Waals surface area (Å²) in [5.74, 6) is 1.54. The first-order chi connectivity index (χ1) is 11.8. The lowest BCUT2D eigenvalue weighted by atomic mass is 9.73. The summed E-state index contributed by atoms with van der Waals surface area (Å²) in [7, 11) is 0. The van der Waals surface area contributed by atoms with E-state index in [9.17, 15) is 0 Å². The smallest absolute Gasteiger partial charge is 0.217 e. The Kier molecular flexibility index (Phi) is 3.20. The number of hydrogen-bond donors (Lipinski definition) is 0. The summed E-state index contributed by atoms with van der Waals surface area (Å²) in [4.78, 5) is 11.2. The molecule has 3 saturated heterocycles. The fourth-order valence-electron chi connectivity index (χ4n) is 4.48. The maximum absolute atomic E-state index is 6.40. The van der Waals surface area contributed by atoms with Gasteiger partial charge in [-0.25, -0.2) is 4.98 Å². The second-order valence-corrected chi connectivity index (χ2v) is 7.24. The van der Waals surface area contributed by atoms with Gasteiger partial charge >= 0.3 is 0 Å².